The predicted octanol–water partition coefficient (Wildman–Crippen LogP) is 2.46. The van der Waals surface area contributed by atoms with Gasteiger partial charge in [0.1, 0.15) is 0 Å². The summed E-state index contributed by atoms with van der Waals surface area (Å²) in [6, 6.07) is 0. The van der Waals surface area contributed by atoms with Gasteiger partial charge in [-0.05, 0) is 18.0 Å². The van der Waals surface area contributed by atoms with Crippen molar-refractivity contribution in [2.24, 2.45) is 0 Å². The van der Waals surface area contributed by atoms with Gasteiger partial charge in [0.15, 0.2) is 0 Å². The zero-order valence-corrected chi connectivity index (χ0v) is 7.26. The van der Waals surface area contributed by atoms with Crippen LogP contribution >= 0.6 is 11.6 Å². The van der Waals surface area contributed by atoms with Crippen LogP contribution in [0.4, 0.5) is 0 Å². The summed E-state index contributed by atoms with van der Waals surface area (Å²) in [5.74, 6) is 0.642. The van der Waals surface area contributed by atoms with Gasteiger partial charge in [0.05, 0.1) is 0 Å². The molecule has 0 aliphatic rings. The minimum Gasteiger partial charge on any atom is -0.412 e. The van der Waals surface area contributed by atoms with Crippen molar-refractivity contribution in [1.82, 2.24) is 10.2 Å². The van der Waals surface area contributed by atoms with Crippen LogP contribution in [0.15, 0.2) is 4.42 Å². The van der Waals surface area contributed by atoms with Crippen LogP contribution < -0.4 is 0 Å². The number of aromatic nitrogens is 2. The lowest BCUT2D eigenvalue weighted by Crippen LogP contribution is -1.84. The molecule has 4 heteroatoms. The van der Waals surface area contributed by atoms with E-state index in [4.69, 9.17) is 16.0 Å². The van der Waals surface area contributed by atoms with Gasteiger partial charge in [0, 0.05) is 6.42 Å². The first-order valence-corrected chi connectivity index (χ1v) is 4.18. The van der Waals surface area contributed by atoms with Crippen molar-refractivity contribution in [3.8, 4) is 0 Å². The molecule has 0 aliphatic carbocycles. The van der Waals surface area contributed by atoms with Gasteiger partial charge in [-0.3, -0.25) is 0 Å². The van der Waals surface area contributed by atoms with E-state index in [0.717, 1.165) is 12.8 Å². The summed E-state index contributed by atoms with van der Waals surface area (Å²) in [6.45, 7) is 2.15. The average Bonchev–Trinajstić information content (AvgIpc) is 2.37. The molecule has 0 spiro atoms. The number of hydrogen-bond donors (Lipinski definition) is 0. The minimum atomic E-state index is 0.136. The van der Waals surface area contributed by atoms with Crippen molar-refractivity contribution in [3.05, 3.63) is 11.2 Å². The molecule has 1 aromatic rings. The van der Waals surface area contributed by atoms with E-state index in [1.807, 2.05) is 0 Å². The van der Waals surface area contributed by atoms with E-state index < -0.39 is 0 Å². The Morgan fingerprint density at radius 2 is 2.18 bits per heavy atom. The fraction of sp³-hybridized carbons (Fsp3) is 0.714. The average molecular weight is 175 g/mol. The molecule has 3 nitrogen and oxygen atoms in total. The van der Waals surface area contributed by atoms with Crippen LogP contribution in [0, 0.1) is 0 Å². The molecule has 0 fully saturated rings. The zero-order valence-electron chi connectivity index (χ0n) is 6.51. The SMILES string of the molecule is CCCCCc1nnc(Cl)o1. The van der Waals surface area contributed by atoms with E-state index in [9.17, 15) is 0 Å². The van der Waals surface area contributed by atoms with E-state index >= 15 is 0 Å². The summed E-state index contributed by atoms with van der Waals surface area (Å²) in [6.07, 6.45) is 4.32. The first kappa shape index (κ1) is 8.53. The quantitative estimate of drug-likeness (QED) is 0.659. The molecule has 0 amide bonds. The molecule has 1 heterocycles. The molecule has 0 saturated heterocycles. The highest BCUT2D eigenvalue weighted by Crippen LogP contribution is 2.08. The second-order valence-electron chi connectivity index (χ2n) is 2.41. The first-order chi connectivity index (χ1) is 5.33. The smallest absolute Gasteiger partial charge is 0.312 e. The number of aryl methyl sites for hydroxylation is 1. The Bertz CT molecular complexity index is 212. The number of nitrogens with zero attached hydrogens (tertiary/aromatic N) is 2. The molecule has 1 rings (SSSR count). The monoisotopic (exact) mass is 174 g/mol. The molecule has 0 N–H and O–H groups in total. The Labute approximate surface area is 70.8 Å². The number of rotatable bonds is 4. The van der Waals surface area contributed by atoms with E-state index in [-0.39, 0.29) is 5.35 Å². The van der Waals surface area contributed by atoms with Crippen molar-refractivity contribution < 1.29 is 4.42 Å². The van der Waals surface area contributed by atoms with Crippen molar-refractivity contribution >= 4 is 11.6 Å². The second-order valence-corrected chi connectivity index (χ2v) is 2.73. The molecular weight excluding hydrogens is 164 g/mol. The lowest BCUT2D eigenvalue weighted by Gasteiger charge is -1.91. The molecular formula is C7H11ClN2O. The Kier molecular flexibility index (Phi) is 3.36. The summed E-state index contributed by atoms with van der Waals surface area (Å²) >= 11 is 5.43. The predicted molar refractivity (Wildman–Crippen MR) is 42.5 cm³/mol. The maximum Gasteiger partial charge on any atom is 0.312 e. The Balaban J connectivity index is 2.27. The van der Waals surface area contributed by atoms with E-state index in [1.165, 1.54) is 12.8 Å². The van der Waals surface area contributed by atoms with Crippen molar-refractivity contribution in [2.45, 2.75) is 32.6 Å². The Hall–Kier alpha value is -0.570. The standard InChI is InChI=1S/C7H11ClN2O/c1-2-3-4-5-6-9-10-7(8)11-6/h2-5H2,1H3. The van der Waals surface area contributed by atoms with Gasteiger partial charge in [0.2, 0.25) is 5.89 Å². The van der Waals surface area contributed by atoms with Gasteiger partial charge >= 0.3 is 5.35 Å². The van der Waals surface area contributed by atoms with Gasteiger partial charge < -0.3 is 4.42 Å². The Morgan fingerprint density at radius 3 is 2.73 bits per heavy atom. The van der Waals surface area contributed by atoms with E-state index in [1.54, 1.807) is 0 Å². The van der Waals surface area contributed by atoms with Crippen molar-refractivity contribution in [2.75, 3.05) is 0 Å². The molecule has 11 heavy (non-hydrogen) atoms. The van der Waals surface area contributed by atoms with Crippen molar-refractivity contribution in [1.29, 1.82) is 0 Å². The third-order valence-electron chi connectivity index (χ3n) is 1.44. The molecule has 0 aliphatic heterocycles. The van der Waals surface area contributed by atoms with Crippen LogP contribution in [0.3, 0.4) is 0 Å². The molecule has 0 saturated carbocycles. The minimum absolute atomic E-state index is 0.136. The topological polar surface area (TPSA) is 38.9 Å². The highest BCUT2D eigenvalue weighted by molar-refractivity contribution is 6.27. The molecule has 0 unspecified atom stereocenters. The highest BCUT2D eigenvalue weighted by atomic mass is 35.5. The van der Waals surface area contributed by atoms with Gasteiger partial charge in [-0.25, -0.2) is 0 Å². The number of hydrogen-bond acceptors (Lipinski definition) is 3. The summed E-state index contributed by atoms with van der Waals surface area (Å²) in [4.78, 5) is 0. The second kappa shape index (κ2) is 4.34. The molecule has 62 valence electrons. The molecule has 0 radical (unpaired) electrons. The van der Waals surface area contributed by atoms with Gasteiger partial charge in [-0.2, -0.15) is 0 Å². The number of halogens is 1. The van der Waals surface area contributed by atoms with Gasteiger partial charge in [-0.1, -0.05) is 24.9 Å². The van der Waals surface area contributed by atoms with E-state index in [0.29, 0.717) is 5.89 Å². The van der Waals surface area contributed by atoms with Crippen LogP contribution in [-0.2, 0) is 6.42 Å². The van der Waals surface area contributed by atoms with Crippen LogP contribution in [0.25, 0.3) is 0 Å². The maximum atomic E-state index is 5.43. The molecule has 1 aromatic heterocycles. The van der Waals surface area contributed by atoms with Gasteiger partial charge in [-0.15, -0.1) is 5.10 Å². The number of unbranched alkanes of at least 4 members (excludes halogenated alkanes) is 2. The van der Waals surface area contributed by atoms with Crippen LogP contribution in [0.2, 0.25) is 5.35 Å². The summed E-state index contributed by atoms with van der Waals surface area (Å²) < 4.78 is 4.97. The summed E-state index contributed by atoms with van der Waals surface area (Å²) in [7, 11) is 0. The zero-order chi connectivity index (χ0) is 8.10. The van der Waals surface area contributed by atoms with Crippen LogP contribution in [0.1, 0.15) is 32.1 Å². The summed E-state index contributed by atoms with van der Waals surface area (Å²) in [5, 5.41) is 7.42. The van der Waals surface area contributed by atoms with Gasteiger partial charge in [0.25, 0.3) is 0 Å². The third-order valence-corrected chi connectivity index (χ3v) is 1.59. The Morgan fingerprint density at radius 1 is 1.36 bits per heavy atom. The summed E-state index contributed by atoms with van der Waals surface area (Å²) in [5.41, 5.74) is 0. The van der Waals surface area contributed by atoms with Crippen molar-refractivity contribution in [3.63, 3.8) is 0 Å². The third kappa shape index (κ3) is 2.89. The van der Waals surface area contributed by atoms with Crippen LogP contribution in [0.5, 0.6) is 0 Å². The fourth-order valence-corrected chi connectivity index (χ4v) is 0.987. The molecule has 0 aromatic carbocycles. The van der Waals surface area contributed by atoms with E-state index in [2.05, 4.69) is 17.1 Å². The lowest BCUT2D eigenvalue weighted by atomic mass is 10.2. The lowest BCUT2D eigenvalue weighted by molar-refractivity contribution is 0.483. The fourth-order valence-electron chi connectivity index (χ4n) is 0.860. The maximum absolute atomic E-state index is 5.43. The molecule has 0 atom stereocenters. The van der Waals surface area contributed by atoms with Crippen LogP contribution in [-0.4, -0.2) is 10.2 Å². The highest BCUT2D eigenvalue weighted by Gasteiger charge is 2.01. The first-order valence-electron chi connectivity index (χ1n) is 3.81. The normalized spacial score (nSPS) is 10.4. The largest absolute Gasteiger partial charge is 0.412 e. The molecule has 0 bridgehead atoms.